The van der Waals surface area contributed by atoms with E-state index < -0.39 is 58.1 Å². The van der Waals surface area contributed by atoms with Crippen molar-refractivity contribution in [2.24, 2.45) is 0 Å². The molecule has 4 aromatic rings. The van der Waals surface area contributed by atoms with Crippen molar-refractivity contribution in [2.45, 2.75) is 49.6 Å². The molecule has 3 aliphatic heterocycles. The highest BCUT2D eigenvalue weighted by atomic mass is 32.1. The molecule has 0 spiro atoms. The van der Waals surface area contributed by atoms with Crippen LogP contribution in [0.15, 0.2) is 30.9 Å². The van der Waals surface area contributed by atoms with Gasteiger partial charge in [-0.2, -0.15) is 23.1 Å². The molecule has 0 radical (unpaired) electrons. The van der Waals surface area contributed by atoms with Crippen LogP contribution in [0.1, 0.15) is 31.2 Å². The summed E-state index contributed by atoms with van der Waals surface area (Å²) in [4.78, 5) is 29.2. The van der Waals surface area contributed by atoms with E-state index in [9.17, 15) is 22.4 Å². The third-order valence-corrected chi connectivity index (χ3v) is 11.2. The monoisotopic (exact) mass is 715 g/mol. The van der Waals surface area contributed by atoms with Gasteiger partial charge in [0, 0.05) is 29.9 Å². The van der Waals surface area contributed by atoms with Gasteiger partial charge in [-0.05, 0) is 62.5 Å². The van der Waals surface area contributed by atoms with Gasteiger partial charge in [0.2, 0.25) is 11.6 Å². The number of ether oxygens (including phenoxy) is 1. The number of aromatic nitrogens is 2. The van der Waals surface area contributed by atoms with Crippen LogP contribution in [0.5, 0.6) is 6.01 Å². The molecule has 50 heavy (non-hydrogen) atoms. The van der Waals surface area contributed by atoms with Crippen molar-refractivity contribution in [3.05, 3.63) is 59.5 Å². The third kappa shape index (κ3) is 5.38. The molecule has 3 aliphatic rings. The van der Waals surface area contributed by atoms with E-state index in [1.165, 1.54) is 16.8 Å². The summed E-state index contributed by atoms with van der Waals surface area (Å²) in [6, 6.07) is 1.16. The molecular formula is C34H31F6N7O2S. The van der Waals surface area contributed by atoms with Crippen molar-refractivity contribution in [3.63, 3.8) is 0 Å². The zero-order chi connectivity index (χ0) is 35.7. The van der Waals surface area contributed by atoms with Gasteiger partial charge in [-0.3, -0.25) is 9.69 Å². The summed E-state index contributed by atoms with van der Waals surface area (Å²) in [6.45, 7) is 12.5. The Bertz CT molecular complexity index is 2090. The molecule has 16 heteroatoms. The second-order valence-corrected chi connectivity index (χ2v) is 14.0. The van der Waals surface area contributed by atoms with Crippen molar-refractivity contribution in [1.29, 1.82) is 0 Å². The molecule has 5 heterocycles. The zero-order valence-corrected chi connectivity index (χ0v) is 27.6. The van der Waals surface area contributed by atoms with Crippen LogP contribution in [0.2, 0.25) is 0 Å². The van der Waals surface area contributed by atoms with Crippen molar-refractivity contribution < 1.29 is 35.9 Å². The minimum Gasteiger partial charge on any atom is -0.461 e. The minimum atomic E-state index is -5.16. The van der Waals surface area contributed by atoms with Crippen LogP contribution in [0, 0.1) is 18.2 Å². The number of alkyl halides is 4. The quantitative estimate of drug-likeness (QED) is 0.124. The van der Waals surface area contributed by atoms with Crippen LogP contribution in [0.4, 0.5) is 42.8 Å². The summed E-state index contributed by atoms with van der Waals surface area (Å²) in [5.41, 5.74) is 2.01. The van der Waals surface area contributed by atoms with E-state index in [1.807, 2.05) is 0 Å². The number of hydrogen-bond donors (Lipinski definition) is 1. The number of thiophene rings is 1. The first-order valence-electron chi connectivity index (χ1n) is 15.9. The van der Waals surface area contributed by atoms with Gasteiger partial charge in [-0.1, -0.05) is 12.6 Å². The van der Waals surface area contributed by atoms with Gasteiger partial charge >= 0.3 is 12.2 Å². The van der Waals surface area contributed by atoms with Crippen molar-refractivity contribution >= 4 is 54.7 Å². The number of fused-ring (bicyclic) bond motifs is 3. The number of anilines is 2. The Labute approximate surface area is 286 Å². The molecule has 262 valence electrons. The molecule has 3 fully saturated rings. The van der Waals surface area contributed by atoms with E-state index in [-0.39, 0.29) is 63.2 Å². The zero-order valence-electron chi connectivity index (χ0n) is 26.8. The minimum absolute atomic E-state index is 0.133. The van der Waals surface area contributed by atoms with Crippen LogP contribution in [-0.2, 0) is 11.0 Å². The number of nitrogens with zero attached hydrogens (tertiary/aromatic N) is 6. The Hall–Kier alpha value is -4.62. The van der Waals surface area contributed by atoms with Crippen molar-refractivity contribution in [1.82, 2.24) is 19.8 Å². The molecule has 0 aliphatic carbocycles. The predicted molar refractivity (Wildman–Crippen MR) is 178 cm³/mol. The molecule has 1 amide bonds. The van der Waals surface area contributed by atoms with Gasteiger partial charge in [0.15, 0.2) is 5.82 Å². The Morgan fingerprint density at radius 2 is 1.96 bits per heavy atom. The number of amides is 1. The highest BCUT2D eigenvalue weighted by molar-refractivity contribution is 7.23. The number of halogens is 6. The number of hydrogen-bond acceptors (Lipinski definition) is 8. The molecule has 0 saturated carbocycles. The van der Waals surface area contributed by atoms with Gasteiger partial charge in [0.1, 0.15) is 29.9 Å². The lowest BCUT2D eigenvalue weighted by Crippen LogP contribution is -2.43. The molecule has 3 saturated heterocycles. The van der Waals surface area contributed by atoms with E-state index in [0.29, 0.717) is 17.4 Å². The second-order valence-electron chi connectivity index (χ2n) is 12.9. The summed E-state index contributed by atoms with van der Waals surface area (Å²) >= 11 is 0.673. The fraction of sp³-hybridized carbons (Fsp3) is 0.412. The number of carbonyl (C=O) groups is 1. The smallest absolute Gasteiger partial charge is 0.417 e. The van der Waals surface area contributed by atoms with E-state index >= 15 is 8.78 Å². The lowest BCUT2D eigenvalue weighted by atomic mass is 9.93. The summed E-state index contributed by atoms with van der Waals surface area (Å²) in [7, 11) is 1.40. The maximum absolute atomic E-state index is 17.1. The first kappa shape index (κ1) is 33.9. The fourth-order valence-electron chi connectivity index (χ4n) is 7.74. The molecule has 9 nitrogen and oxygen atoms in total. The van der Waals surface area contributed by atoms with E-state index in [1.54, 1.807) is 0 Å². The predicted octanol–water partition coefficient (Wildman–Crippen LogP) is 7.12. The maximum Gasteiger partial charge on any atom is 0.417 e. The molecule has 0 unspecified atom stereocenters. The second kappa shape index (κ2) is 12.3. The van der Waals surface area contributed by atoms with Crippen LogP contribution < -0.4 is 15.4 Å². The number of likely N-dealkylation sites (tertiary alicyclic amines) is 1. The lowest BCUT2D eigenvalue weighted by molar-refractivity contribution is -0.137. The summed E-state index contributed by atoms with van der Waals surface area (Å²) < 4.78 is 98.3. The Balaban J connectivity index is 1.45. The van der Waals surface area contributed by atoms with Gasteiger partial charge in [0.05, 0.1) is 40.0 Å². The molecule has 2 aromatic carbocycles. The number of nitrogen functional groups attached to an aromatic ring is 1. The van der Waals surface area contributed by atoms with E-state index in [4.69, 9.17) is 17.0 Å². The van der Waals surface area contributed by atoms with Crippen molar-refractivity contribution in [2.75, 3.05) is 50.5 Å². The SMILES string of the molecule is [C-]#[N+]c1c(N)sc2c(F)ccc(-c3c(C(F)(F)F)cc4c(N(C)[C@H]5CN(C(=O)C=C)C[C@H]5F)nc(OCC56CCCN5CCC6)nc4c3F)c12. The van der Waals surface area contributed by atoms with E-state index in [2.05, 4.69) is 26.3 Å². The largest absolute Gasteiger partial charge is 0.461 e. The number of nitrogens with two attached hydrogens (primary N) is 1. The normalized spacial score (nSPS) is 20.4. The molecular weight excluding hydrogens is 684 g/mol. The topological polar surface area (TPSA) is 92.2 Å². The first-order valence-corrected chi connectivity index (χ1v) is 16.8. The Kier molecular flexibility index (Phi) is 8.33. The summed E-state index contributed by atoms with van der Waals surface area (Å²) in [6.07, 6.45) is -2.13. The molecule has 2 aromatic heterocycles. The highest BCUT2D eigenvalue weighted by Gasteiger charge is 2.46. The number of likely N-dealkylation sites (N-methyl/N-ethyl adjacent to an activating group) is 1. The highest BCUT2D eigenvalue weighted by Crippen LogP contribution is 2.51. The number of rotatable bonds is 7. The Morgan fingerprint density at radius 1 is 1.24 bits per heavy atom. The van der Waals surface area contributed by atoms with Gasteiger partial charge in [-0.25, -0.2) is 18.0 Å². The first-order chi connectivity index (χ1) is 23.8. The van der Waals surface area contributed by atoms with Gasteiger partial charge < -0.3 is 20.3 Å². The summed E-state index contributed by atoms with van der Waals surface area (Å²) in [5.74, 6) is -3.01. The average molecular weight is 716 g/mol. The van der Waals surface area contributed by atoms with Crippen molar-refractivity contribution in [3.8, 4) is 17.1 Å². The molecule has 0 bridgehead atoms. The molecule has 2 N–H and O–H groups in total. The van der Waals surface area contributed by atoms with E-state index in [0.717, 1.165) is 57.0 Å². The number of benzene rings is 2. The Morgan fingerprint density at radius 3 is 2.62 bits per heavy atom. The number of carbonyl (C=O) groups excluding carboxylic acids is 1. The molecule has 7 rings (SSSR count). The van der Waals surface area contributed by atoms with Crippen LogP contribution in [0.25, 0.3) is 37.0 Å². The van der Waals surface area contributed by atoms with Crippen LogP contribution in [0.3, 0.4) is 0 Å². The average Bonchev–Trinajstić information content (AvgIpc) is 3.85. The fourth-order valence-corrected chi connectivity index (χ4v) is 8.68. The van der Waals surface area contributed by atoms with Crippen LogP contribution in [-0.4, -0.2) is 83.3 Å². The third-order valence-electron chi connectivity index (χ3n) is 10.2. The summed E-state index contributed by atoms with van der Waals surface area (Å²) in [5, 5.41) is -0.773. The standard InChI is InChI=1S/C34H31F6N7O2S/c1-4-23(48)46-14-21(36)22(15-46)45(3)31-18-13-19(34(38,39)40)24(17-7-8-20(35)29-25(17)28(42-2)30(41)50-29)26(37)27(18)43-32(44-31)49-16-33-9-5-11-47(33)12-6-10-33/h4,7-8,13,21-22H,1,5-6,9-12,14-16,41H2,3H3/t21-,22+/m1/s1. The van der Waals surface area contributed by atoms with Crippen LogP contribution >= 0.6 is 11.3 Å². The van der Waals surface area contributed by atoms with Gasteiger partial charge in [0.25, 0.3) is 0 Å². The lowest BCUT2D eigenvalue weighted by Gasteiger charge is -2.32. The maximum atomic E-state index is 17.1. The van der Waals surface area contributed by atoms with Gasteiger partial charge in [-0.15, -0.1) is 11.3 Å². The molecule has 2 atom stereocenters.